The molecule has 0 radical (unpaired) electrons. The van der Waals surface area contributed by atoms with Crippen LogP contribution >= 0.6 is 0 Å². The lowest BCUT2D eigenvalue weighted by Crippen LogP contribution is -2.38. The van der Waals surface area contributed by atoms with Crippen LogP contribution in [0.1, 0.15) is 149 Å². The Labute approximate surface area is 183 Å². The van der Waals surface area contributed by atoms with Gasteiger partial charge in [-0.3, -0.25) is 0 Å². The fourth-order valence-corrected chi connectivity index (χ4v) is 4.53. The van der Waals surface area contributed by atoms with Crippen molar-refractivity contribution in [2.75, 3.05) is 0 Å². The maximum Gasteiger partial charge on any atom is 0.258 e. The predicted molar refractivity (Wildman–Crippen MR) is 129 cm³/mol. The molecule has 170 valence electrons. The lowest BCUT2D eigenvalue weighted by atomic mass is 10.1. The first-order valence-electron chi connectivity index (χ1n) is 13.3. The lowest BCUT2D eigenvalue weighted by molar-refractivity contribution is -0.705. The lowest BCUT2D eigenvalue weighted by Gasteiger charge is -2.08. The van der Waals surface area contributed by atoms with Crippen molar-refractivity contribution in [2.24, 2.45) is 0 Å². The van der Waals surface area contributed by atoms with Crippen LogP contribution in [0.15, 0.2) is 12.4 Å². The van der Waals surface area contributed by atoms with Gasteiger partial charge < -0.3 is 0 Å². The van der Waals surface area contributed by atoms with Crippen molar-refractivity contribution in [2.45, 2.75) is 156 Å². The van der Waals surface area contributed by atoms with Crippen molar-refractivity contribution in [3.8, 4) is 0 Å². The minimum atomic E-state index is 0.609. The number of hydrogen-bond acceptors (Lipinski definition) is 0. The average Bonchev–Trinajstić information content (AvgIpc) is 3.11. The molecule has 1 aromatic rings. The van der Waals surface area contributed by atoms with Crippen molar-refractivity contribution >= 4 is 0 Å². The van der Waals surface area contributed by atoms with Gasteiger partial charge in [0.1, 0.15) is 12.4 Å². The summed E-state index contributed by atoms with van der Waals surface area (Å²) in [5, 5.41) is 0. The molecule has 0 bridgehead atoms. The largest absolute Gasteiger partial charge is 0.258 e. The molecule has 0 aliphatic heterocycles. The zero-order valence-electron chi connectivity index (χ0n) is 20.6. The summed E-state index contributed by atoms with van der Waals surface area (Å²) >= 11 is 0. The molecule has 0 unspecified atom stereocenters. The van der Waals surface area contributed by atoms with E-state index in [9.17, 15) is 0 Å². The Balaban J connectivity index is 2.17. The van der Waals surface area contributed by atoms with Crippen LogP contribution in [0.4, 0.5) is 0 Å². The smallest absolute Gasteiger partial charge is 0.234 e. The van der Waals surface area contributed by atoms with Crippen LogP contribution in [0.3, 0.4) is 0 Å². The quantitative estimate of drug-likeness (QED) is 0.152. The SMILES string of the molecule is CCCCCCCCCCCCC[n+]1ccn(CCCCCCCC)c1C(C)C. The van der Waals surface area contributed by atoms with E-state index in [4.69, 9.17) is 0 Å². The molecular weight excluding hydrogens is 352 g/mol. The van der Waals surface area contributed by atoms with E-state index in [2.05, 4.69) is 49.2 Å². The van der Waals surface area contributed by atoms with Gasteiger partial charge >= 0.3 is 0 Å². The summed E-state index contributed by atoms with van der Waals surface area (Å²) < 4.78 is 5.07. The maximum atomic E-state index is 2.54. The van der Waals surface area contributed by atoms with Crippen LogP contribution in [-0.4, -0.2) is 4.57 Å². The van der Waals surface area contributed by atoms with Gasteiger partial charge in [0.15, 0.2) is 0 Å². The predicted octanol–water partition coefficient (Wildman–Crippen LogP) is 8.57. The van der Waals surface area contributed by atoms with Gasteiger partial charge in [-0.25, -0.2) is 9.13 Å². The van der Waals surface area contributed by atoms with Crippen LogP contribution in [0.5, 0.6) is 0 Å². The summed E-state index contributed by atoms with van der Waals surface area (Å²) in [6, 6.07) is 0. The van der Waals surface area contributed by atoms with Crippen LogP contribution in [0.25, 0.3) is 0 Å². The molecule has 2 nitrogen and oxygen atoms in total. The summed E-state index contributed by atoms with van der Waals surface area (Å²) in [5.74, 6) is 2.14. The number of rotatable bonds is 20. The molecule has 1 heterocycles. The van der Waals surface area contributed by atoms with Gasteiger partial charge in [-0.15, -0.1) is 0 Å². The Morgan fingerprint density at radius 2 is 1.10 bits per heavy atom. The molecule has 0 N–H and O–H groups in total. The zero-order chi connectivity index (χ0) is 21.2. The number of aromatic nitrogens is 2. The summed E-state index contributed by atoms with van der Waals surface area (Å²) in [6.07, 6.45) is 28.6. The molecule has 0 fully saturated rings. The minimum Gasteiger partial charge on any atom is -0.234 e. The normalized spacial score (nSPS) is 11.6. The van der Waals surface area contributed by atoms with Gasteiger partial charge in [0.25, 0.3) is 5.82 Å². The van der Waals surface area contributed by atoms with Crippen LogP contribution in [0.2, 0.25) is 0 Å². The molecule has 1 rings (SSSR count). The second-order valence-electron chi connectivity index (χ2n) is 9.50. The minimum absolute atomic E-state index is 0.609. The molecule has 1 aromatic heterocycles. The topological polar surface area (TPSA) is 8.81 Å². The zero-order valence-corrected chi connectivity index (χ0v) is 20.6. The van der Waals surface area contributed by atoms with Crippen molar-refractivity contribution in [1.82, 2.24) is 4.57 Å². The molecule has 2 heteroatoms. The van der Waals surface area contributed by atoms with E-state index in [-0.39, 0.29) is 0 Å². The van der Waals surface area contributed by atoms with Gasteiger partial charge in [0.2, 0.25) is 0 Å². The van der Waals surface area contributed by atoms with E-state index in [1.807, 2.05) is 0 Å². The Kier molecular flexibility index (Phi) is 16.3. The molecule has 0 aromatic carbocycles. The van der Waals surface area contributed by atoms with E-state index in [1.165, 1.54) is 128 Å². The Hall–Kier alpha value is -0.790. The highest BCUT2D eigenvalue weighted by Gasteiger charge is 2.19. The number of aryl methyl sites for hydroxylation is 2. The number of hydrogen-bond donors (Lipinski definition) is 0. The van der Waals surface area contributed by atoms with Crippen LogP contribution in [0, 0.1) is 0 Å². The molecule has 0 spiro atoms. The van der Waals surface area contributed by atoms with Crippen LogP contribution < -0.4 is 4.57 Å². The third-order valence-corrected chi connectivity index (χ3v) is 6.29. The molecule has 0 saturated heterocycles. The molecule has 29 heavy (non-hydrogen) atoms. The Bertz CT molecular complexity index is 475. The van der Waals surface area contributed by atoms with E-state index < -0.39 is 0 Å². The maximum absolute atomic E-state index is 2.54. The third kappa shape index (κ3) is 12.5. The second kappa shape index (κ2) is 18.0. The molecule has 0 aliphatic rings. The first-order valence-corrected chi connectivity index (χ1v) is 13.3. The Morgan fingerprint density at radius 3 is 1.59 bits per heavy atom. The van der Waals surface area contributed by atoms with Crippen molar-refractivity contribution < 1.29 is 4.57 Å². The van der Waals surface area contributed by atoms with Gasteiger partial charge in [-0.05, 0) is 25.7 Å². The number of nitrogens with zero attached hydrogens (tertiary/aromatic N) is 2. The first-order chi connectivity index (χ1) is 14.2. The average molecular weight is 406 g/mol. The van der Waals surface area contributed by atoms with E-state index in [0.717, 1.165) is 0 Å². The van der Waals surface area contributed by atoms with Gasteiger partial charge in [0.05, 0.1) is 19.0 Å². The fourth-order valence-electron chi connectivity index (χ4n) is 4.53. The van der Waals surface area contributed by atoms with Gasteiger partial charge in [0, 0.05) is 0 Å². The second-order valence-corrected chi connectivity index (χ2v) is 9.50. The third-order valence-electron chi connectivity index (χ3n) is 6.29. The van der Waals surface area contributed by atoms with Crippen molar-refractivity contribution in [1.29, 1.82) is 0 Å². The summed E-state index contributed by atoms with van der Waals surface area (Å²) in [6.45, 7) is 11.7. The van der Waals surface area contributed by atoms with E-state index >= 15 is 0 Å². The van der Waals surface area contributed by atoms with Gasteiger partial charge in [-0.1, -0.05) is 111 Å². The molecular formula is C27H53N2+. The number of imidazole rings is 1. The van der Waals surface area contributed by atoms with Crippen molar-refractivity contribution in [3.63, 3.8) is 0 Å². The summed E-state index contributed by atoms with van der Waals surface area (Å²) in [4.78, 5) is 0. The monoisotopic (exact) mass is 405 g/mol. The summed E-state index contributed by atoms with van der Waals surface area (Å²) in [7, 11) is 0. The molecule has 0 aliphatic carbocycles. The van der Waals surface area contributed by atoms with Gasteiger partial charge in [-0.2, -0.15) is 0 Å². The van der Waals surface area contributed by atoms with Crippen LogP contribution in [-0.2, 0) is 13.1 Å². The highest BCUT2D eigenvalue weighted by molar-refractivity contribution is 4.89. The molecule has 0 amide bonds. The van der Waals surface area contributed by atoms with E-state index in [1.54, 1.807) is 0 Å². The standard InChI is InChI=1S/C27H53N2/c1-5-7-9-11-13-14-15-16-17-19-21-23-29-25-24-28(27(29)26(3)4)22-20-18-12-10-8-6-2/h24-26H,5-23H2,1-4H3/q+1. The highest BCUT2D eigenvalue weighted by Crippen LogP contribution is 2.14. The Morgan fingerprint density at radius 1 is 0.655 bits per heavy atom. The fraction of sp³-hybridized carbons (Fsp3) is 0.889. The molecule has 0 atom stereocenters. The van der Waals surface area contributed by atoms with E-state index in [0.29, 0.717) is 5.92 Å². The summed E-state index contributed by atoms with van der Waals surface area (Å²) in [5.41, 5.74) is 0. The van der Waals surface area contributed by atoms with Crippen molar-refractivity contribution in [3.05, 3.63) is 18.2 Å². The molecule has 0 saturated carbocycles. The number of unbranched alkanes of at least 4 members (excludes halogenated alkanes) is 15. The highest BCUT2D eigenvalue weighted by atomic mass is 15.1. The first kappa shape index (κ1) is 26.2.